The van der Waals surface area contributed by atoms with Crippen LogP contribution in [0.3, 0.4) is 0 Å². The minimum absolute atomic E-state index is 0.0219. The summed E-state index contributed by atoms with van der Waals surface area (Å²) in [6.07, 6.45) is 2.57. The number of ether oxygens (including phenoxy) is 1. The largest absolute Gasteiger partial charge is 0.465 e. The van der Waals surface area contributed by atoms with Crippen molar-refractivity contribution in [3.63, 3.8) is 0 Å². The number of nitrogens with one attached hydrogen (secondary N) is 1. The average Bonchev–Trinajstić information content (AvgIpc) is 2.97. The summed E-state index contributed by atoms with van der Waals surface area (Å²) < 4.78 is 18.3. The molecule has 0 radical (unpaired) electrons. The zero-order valence-corrected chi connectivity index (χ0v) is 12.7. The van der Waals surface area contributed by atoms with Crippen LogP contribution in [0.1, 0.15) is 35.7 Å². The number of methoxy groups -OCH3 is 1. The average molecular weight is 294 g/mol. The first-order chi connectivity index (χ1) is 10.1. The lowest BCUT2D eigenvalue weighted by atomic mass is 10.1. The third-order valence-electron chi connectivity index (χ3n) is 3.82. The predicted octanol–water partition coefficient (Wildman–Crippen LogP) is 2.19. The number of likely N-dealkylation sites (tertiary alicyclic amines) is 1. The van der Waals surface area contributed by atoms with Crippen LogP contribution < -0.4 is 5.32 Å². The molecule has 1 aliphatic heterocycles. The van der Waals surface area contributed by atoms with Gasteiger partial charge in [-0.15, -0.1) is 0 Å². The highest BCUT2D eigenvalue weighted by molar-refractivity contribution is 5.89. The maximum atomic E-state index is 13.8. The fraction of sp³-hybridized carbons (Fsp3) is 0.562. The zero-order chi connectivity index (χ0) is 15.2. The number of halogens is 1. The second-order valence-electron chi connectivity index (χ2n) is 5.60. The van der Waals surface area contributed by atoms with Crippen LogP contribution in [-0.4, -0.2) is 43.7 Å². The van der Waals surface area contributed by atoms with Gasteiger partial charge in [-0.1, -0.05) is 6.07 Å². The number of hydrogen-bond acceptors (Lipinski definition) is 4. The van der Waals surface area contributed by atoms with Gasteiger partial charge in [0.1, 0.15) is 5.82 Å². The fourth-order valence-electron chi connectivity index (χ4n) is 2.65. The number of carbonyl (C=O) groups is 1. The van der Waals surface area contributed by atoms with Gasteiger partial charge in [-0.25, -0.2) is 9.18 Å². The quantitative estimate of drug-likeness (QED) is 0.817. The molecule has 0 aromatic heterocycles. The van der Waals surface area contributed by atoms with Crippen molar-refractivity contribution < 1.29 is 13.9 Å². The van der Waals surface area contributed by atoms with Gasteiger partial charge in [0.25, 0.3) is 0 Å². The molecule has 1 atom stereocenters. The molecule has 0 bridgehead atoms. The maximum absolute atomic E-state index is 13.8. The third-order valence-corrected chi connectivity index (χ3v) is 3.82. The summed E-state index contributed by atoms with van der Waals surface area (Å²) in [6.45, 7) is 6.09. The van der Waals surface area contributed by atoms with E-state index in [0.717, 1.165) is 12.1 Å². The molecular formula is C16H23FN2O2. The van der Waals surface area contributed by atoms with Crippen LogP contribution in [0, 0.1) is 5.82 Å². The van der Waals surface area contributed by atoms with Gasteiger partial charge in [0, 0.05) is 19.1 Å². The van der Waals surface area contributed by atoms with Crippen molar-refractivity contribution in [2.24, 2.45) is 0 Å². The monoisotopic (exact) mass is 294 g/mol. The van der Waals surface area contributed by atoms with Crippen LogP contribution in [0.5, 0.6) is 0 Å². The molecule has 0 saturated carbocycles. The molecule has 1 heterocycles. The maximum Gasteiger partial charge on any atom is 0.340 e. The van der Waals surface area contributed by atoms with Crippen molar-refractivity contribution in [3.8, 4) is 0 Å². The number of nitrogens with zero attached hydrogens (tertiary/aromatic N) is 1. The Morgan fingerprint density at radius 3 is 2.76 bits per heavy atom. The molecule has 1 aromatic rings. The molecule has 21 heavy (non-hydrogen) atoms. The van der Waals surface area contributed by atoms with Gasteiger partial charge in [-0.2, -0.15) is 0 Å². The van der Waals surface area contributed by atoms with Crippen molar-refractivity contribution >= 4 is 5.97 Å². The van der Waals surface area contributed by atoms with Gasteiger partial charge < -0.3 is 15.0 Å². The van der Waals surface area contributed by atoms with Crippen molar-refractivity contribution in [2.45, 2.75) is 32.4 Å². The first kappa shape index (κ1) is 15.9. The van der Waals surface area contributed by atoms with E-state index >= 15 is 0 Å². The van der Waals surface area contributed by atoms with Crippen molar-refractivity contribution in [1.29, 1.82) is 0 Å². The van der Waals surface area contributed by atoms with Gasteiger partial charge in [0.05, 0.1) is 12.7 Å². The molecular weight excluding hydrogens is 271 g/mol. The van der Waals surface area contributed by atoms with E-state index in [1.54, 1.807) is 6.07 Å². The topological polar surface area (TPSA) is 41.6 Å². The van der Waals surface area contributed by atoms with E-state index in [9.17, 15) is 9.18 Å². The Morgan fingerprint density at radius 1 is 1.43 bits per heavy atom. The molecule has 0 aliphatic carbocycles. The Hall–Kier alpha value is -1.46. The van der Waals surface area contributed by atoms with Crippen molar-refractivity contribution in [2.75, 3.05) is 26.7 Å². The second kappa shape index (κ2) is 7.52. The molecule has 5 heteroatoms. The van der Waals surface area contributed by atoms with Gasteiger partial charge in [-0.05, 0) is 50.6 Å². The van der Waals surface area contributed by atoms with E-state index in [1.807, 2.05) is 0 Å². The minimum atomic E-state index is -0.644. The lowest BCUT2D eigenvalue weighted by molar-refractivity contribution is 0.0595. The van der Waals surface area contributed by atoms with Crippen LogP contribution in [-0.2, 0) is 11.3 Å². The number of benzene rings is 1. The Bertz CT molecular complexity index is 487. The van der Waals surface area contributed by atoms with E-state index in [4.69, 9.17) is 0 Å². The zero-order valence-electron chi connectivity index (χ0n) is 12.7. The van der Waals surface area contributed by atoms with Gasteiger partial charge >= 0.3 is 5.97 Å². The molecule has 1 saturated heterocycles. The highest BCUT2D eigenvalue weighted by Gasteiger charge is 2.15. The Morgan fingerprint density at radius 2 is 2.14 bits per heavy atom. The summed E-state index contributed by atoms with van der Waals surface area (Å²) in [4.78, 5) is 13.8. The SMILES string of the molecule is COC(=O)c1ccc(CNC(C)CN2CCCC2)cc1F. The third kappa shape index (κ3) is 4.51. The molecule has 1 aliphatic rings. The summed E-state index contributed by atoms with van der Waals surface area (Å²) in [7, 11) is 1.25. The summed E-state index contributed by atoms with van der Waals surface area (Å²) >= 11 is 0. The fourth-order valence-corrected chi connectivity index (χ4v) is 2.65. The Balaban J connectivity index is 1.85. The van der Waals surface area contributed by atoms with Crippen LogP contribution in [0.25, 0.3) is 0 Å². The summed E-state index contributed by atoms with van der Waals surface area (Å²) in [5, 5.41) is 3.39. The van der Waals surface area contributed by atoms with Crippen LogP contribution in [0.4, 0.5) is 4.39 Å². The molecule has 4 nitrogen and oxygen atoms in total. The number of hydrogen-bond donors (Lipinski definition) is 1. The van der Waals surface area contributed by atoms with E-state index in [-0.39, 0.29) is 5.56 Å². The molecule has 1 aromatic carbocycles. The second-order valence-corrected chi connectivity index (χ2v) is 5.60. The smallest absolute Gasteiger partial charge is 0.340 e. The minimum Gasteiger partial charge on any atom is -0.465 e. The standard InChI is InChI=1S/C16H23FN2O2/c1-12(11-19-7-3-4-8-19)18-10-13-5-6-14(15(17)9-13)16(20)21-2/h5-6,9,12,18H,3-4,7-8,10-11H2,1-2H3. The van der Waals surface area contributed by atoms with E-state index < -0.39 is 11.8 Å². The van der Waals surface area contributed by atoms with Crippen molar-refractivity contribution in [1.82, 2.24) is 10.2 Å². The highest BCUT2D eigenvalue weighted by atomic mass is 19.1. The summed E-state index contributed by atoms with van der Waals surface area (Å²) in [6, 6.07) is 4.97. The van der Waals surface area contributed by atoms with Gasteiger partial charge in [0.2, 0.25) is 0 Å². The normalized spacial score (nSPS) is 16.9. The summed E-state index contributed by atoms with van der Waals surface area (Å²) in [5.74, 6) is -1.18. The Labute approximate surface area is 125 Å². The molecule has 2 rings (SSSR count). The van der Waals surface area contributed by atoms with Crippen LogP contribution in [0.15, 0.2) is 18.2 Å². The first-order valence-corrected chi connectivity index (χ1v) is 7.42. The van der Waals surface area contributed by atoms with Crippen LogP contribution in [0.2, 0.25) is 0 Å². The molecule has 116 valence electrons. The molecule has 1 N–H and O–H groups in total. The van der Waals surface area contributed by atoms with E-state index in [1.165, 1.54) is 45.2 Å². The molecule has 0 spiro atoms. The molecule has 1 fully saturated rings. The lowest BCUT2D eigenvalue weighted by Gasteiger charge is -2.21. The number of esters is 1. The number of rotatable bonds is 6. The predicted molar refractivity (Wildman–Crippen MR) is 79.7 cm³/mol. The van der Waals surface area contributed by atoms with E-state index in [2.05, 4.69) is 21.9 Å². The van der Waals surface area contributed by atoms with Crippen molar-refractivity contribution in [3.05, 3.63) is 35.1 Å². The van der Waals surface area contributed by atoms with Gasteiger partial charge in [0.15, 0.2) is 0 Å². The lowest BCUT2D eigenvalue weighted by Crippen LogP contribution is -2.37. The summed E-state index contributed by atoms with van der Waals surface area (Å²) in [5.41, 5.74) is 0.805. The first-order valence-electron chi connectivity index (χ1n) is 7.42. The molecule has 0 amide bonds. The van der Waals surface area contributed by atoms with Gasteiger partial charge in [-0.3, -0.25) is 0 Å². The Kier molecular flexibility index (Phi) is 5.70. The van der Waals surface area contributed by atoms with E-state index in [0.29, 0.717) is 12.6 Å². The molecule has 1 unspecified atom stereocenters. The highest BCUT2D eigenvalue weighted by Crippen LogP contribution is 2.12. The number of carbonyl (C=O) groups excluding carboxylic acids is 1. The van der Waals surface area contributed by atoms with Crippen LogP contribution >= 0.6 is 0 Å².